The number of tetrazole rings is 1. The molecule has 8 nitrogen and oxygen atoms in total. The predicted molar refractivity (Wildman–Crippen MR) is 119 cm³/mol. The molecule has 9 heteroatoms. The molecule has 1 fully saturated rings. The van der Waals surface area contributed by atoms with Gasteiger partial charge in [0, 0.05) is 32.7 Å². The topological polar surface area (TPSA) is 76.4 Å². The van der Waals surface area contributed by atoms with Crippen LogP contribution in [0.1, 0.15) is 12.5 Å². The number of carbonyl (C=O) groups is 1. The van der Waals surface area contributed by atoms with E-state index in [0.29, 0.717) is 10.9 Å². The highest BCUT2D eigenvalue weighted by Crippen LogP contribution is 2.28. The van der Waals surface area contributed by atoms with Crippen LogP contribution in [-0.2, 0) is 11.3 Å². The summed E-state index contributed by atoms with van der Waals surface area (Å²) in [6, 6.07) is 18.0. The number of benzene rings is 2. The lowest BCUT2D eigenvalue weighted by Gasteiger charge is -2.35. The zero-order valence-electron chi connectivity index (χ0n) is 17.7. The second kappa shape index (κ2) is 9.93. The van der Waals surface area contributed by atoms with Gasteiger partial charge in [-0.25, -0.2) is 0 Å². The summed E-state index contributed by atoms with van der Waals surface area (Å²) in [7, 11) is 1.61. The highest BCUT2D eigenvalue weighted by atomic mass is 32.2. The number of para-hydroxylation sites is 2. The molecule has 1 amide bonds. The van der Waals surface area contributed by atoms with Gasteiger partial charge >= 0.3 is 0 Å². The molecule has 3 aromatic rings. The smallest absolute Gasteiger partial charge is 0.235 e. The number of aromatic nitrogens is 4. The summed E-state index contributed by atoms with van der Waals surface area (Å²) in [5.41, 5.74) is 2.04. The molecule has 1 aliphatic heterocycles. The number of carbonyl (C=O) groups excluding carboxylic acids is 1. The highest BCUT2D eigenvalue weighted by Gasteiger charge is 2.27. The maximum Gasteiger partial charge on any atom is 0.235 e. The molecule has 1 saturated heterocycles. The molecule has 31 heavy (non-hydrogen) atoms. The molecule has 1 atom stereocenters. The van der Waals surface area contributed by atoms with Crippen LogP contribution in [0.25, 0.3) is 5.69 Å². The second-order valence-electron chi connectivity index (χ2n) is 7.39. The van der Waals surface area contributed by atoms with Crippen molar-refractivity contribution in [2.45, 2.75) is 23.9 Å². The van der Waals surface area contributed by atoms with E-state index in [2.05, 4.69) is 44.7 Å². The number of piperazine rings is 1. The fourth-order valence-electron chi connectivity index (χ4n) is 3.64. The number of hydrogen-bond acceptors (Lipinski definition) is 7. The summed E-state index contributed by atoms with van der Waals surface area (Å²) in [6.07, 6.45) is 0. The number of nitrogens with zero attached hydrogens (tertiary/aromatic N) is 6. The normalized spacial score (nSPS) is 15.6. The lowest BCUT2D eigenvalue weighted by Crippen LogP contribution is -2.50. The van der Waals surface area contributed by atoms with E-state index in [9.17, 15) is 4.79 Å². The molecular weight excluding hydrogens is 412 g/mol. The molecule has 162 valence electrons. The molecule has 0 radical (unpaired) electrons. The van der Waals surface area contributed by atoms with E-state index >= 15 is 0 Å². The van der Waals surface area contributed by atoms with Crippen molar-refractivity contribution in [1.82, 2.24) is 30.0 Å². The van der Waals surface area contributed by atoms with E-state index in [1.54, 1.807) is 11.8 Å². The van der Waals surface area contributed by atoms with Crippen molar-refractivity contribution in [2.75, 3.05) is 33.3 Å². The summed E-state index contributed by atoms with van der Waals surface area (Å²) in [4.78, 5) is 17.4. The fourth-order valence-corrected chi connectivity index (χ4v) is 4.53. The SMILES string of the molecule is COc1ccccc1-n1nnnc1SC(C)C(=O)N1CCN(Cc2ccccc2)CC1. The molecule has 1 aromatic heterocycles. The van der Waals surface area contributed by atoms with Crippen molar-refractivity contribution in [1.29, 1.82) is 0 Å². The van der Waals surface area contributed by atoms with Crippen LogP contribution >= 0.6 is 11.8 Å². The Labute approximate surface area is 186 Å². The lowest BCUT2D eigenvalue weighted by atomic mass is 10.2. The summed E-state index contributed by atoms with van der Waals surface area (Å²) in [5, 5.41) is 12.3. The molecule has 2 heterocycles. The number of hydrogen-bond donors (Lipinski definition) is 0. The van der Waals surface area contributed by atoms with E-state index in [1.165, 1.54) is 17.3 Å². The second-order valence-corrected chi connectivity index (χ2v) is 8.70. The Morgan fingerprint density at radius 3 is 2.52 bits per heavy atom. The molecule has 0 spiro atoms. The maximum atomic E-state index is 13.0. The van der Waals surface area contributed by atoms with Crippen molar-refractivity contribution < 1.29 is 9.53 Å². The molecule has 0 N–H and O–H groups in total. The molecule has 0 saturated carbocycles. The molecule has 4 rings (SSSR count). The molecule has 0 bridgehead atoms. The predicted octanol–water partition coefficient (Wildman–Crippen LogP) is 2.50. The highest BCUT2D eigenvalue weighted by molar-refractivity contribution is 8.00. The van der Waals surface area contributed by atoms with Crippen LogP contribution in [0.3, 0.4) is 0 Å². The van der Waals surface area contributed by atoms with E-state index in [4.69, 9.17) is 4.74 Å². The van der Waals surface area contributed by atoms with Crippen molar-refractivity contribution in [3.05, 3.63) is 60.2 Å². The molecule has 1 unspecified atom stereocenters. The van der Waals surface area contributed by atoms with Crippen LogP contribution in [0.15, 0.2) is 59.8 Å². The number of ether oxygens (including phenoxy) is 1. The third kappa shape index (κ3) is 5.05. The Hall–Kier alpha value is -2.91. The first-order valence-electron chi connectivity index (χ1n) is 10.3. The third-order valence-corrected chi connectivity index (χ3v) is 6.34. The summed E-state index contributed by atoms with van der Waals surface area (Å²) in [5.74, 6) is 0.782. The Bertz CT molecular complexity index is 1000. The van der Waals surface area contributed by atoms with Gasteiger partial charge in [0.05, 0.1) is 12.4 Å². The first-order valence-corrected chi connectivity index (χ1v) is 11.2. The van der Waals surface area contributed by atoms with Gasteiger partial charge in [0.25, 0.3) is 0 Å². The number of amides is 1. The van der Waals surface area contributed by atoms with Gasteiger partial charge in [0.2, 0.25) is 11.1 Å². The molecule has 0 aliphatic carbocycles. The largest absolute Gasteiger partial charge is 0.494 e. The number of thioether (sulfide) groups is 1. The van der Waals surface area contributed by atoms with Crippen LogP contribution in [0.5, 0.6) is 5.75 Å². The Morgan fingerprint density at radius 1 is 1.06 bits per heavy atom. The third-order valence-electron chi connectivity index (χ3n) is 5.32. The van der Waals surface area contributed by atoms with Crippen molar-refractivity contribution in [3.63, 3.8) is 0 Å². The van der Waals surface area contributed by atoms with Gasteiger partial charge in [0.1, 0.15) is 11.4 Å². The lowest BCUT2D eigenvalue weighted by molar-refractivity contribution is -0.132. The monoisotopic (exact) mass is 438 g/mol. The van der Waals surface area contributed by atoms with Crippen LogP contribution in [0, 0.1) is 0 Å². The fraction of sp³-hybridized carbons (Fsp3) is 0.364. The van der Waals surface area contributed by atoms with Gasteiger partial charge in [-0.15, -0.1) is 5.10 Å². The van der Waals surface area contributed by atoms with Gasteiger partial charge in [-0.05, 0) is 35.0 Å². The van der Waals surface area contributed by atoms with Crippen molar-refractivity contribution >= 4 is 17.7 Å². The zero-order valence-corrected chi connectivity index (χ0v) is 18.5. The average molecular weight is 439 g/mol. The van der Waals surface area contributed by atoms with Crippen molar-refractivity contribution in [2.24, 2.45) is 0 Å². The number of methoxy groups -OCH3 is 1. The Kier molecular flexibility index (Phi) is 6.83. The van der Waals surface area contributed by atoms with E-state index in [1.807, 2.05) is 42.2 Å². The molecule has 1 aliphatic rings. The maximum absolute atomic E-state index is 13.0. The first-order chi connectivity index (χ1) is 15.2. The quantitative estimate of drug-likeness (QED) is 0.525. The van der Waals surface area contributed by atoms with Gasteiger partial charge in [-0.1, -0.05) is 54.2 Å². The van der Waals surface area contributed by atoms with E-state index < -0.39 is 0 Å². The first kappa shape index (κ1) is 21.3. The van der Waals surface area contributed by atoms with Gasteiger partial charge in [0.15, 0.2) is 0 Å². The van der Waals surface area contributed by atoms with Gasteiger partial charge in [-0.3, -0.25) is 9.69 Å². The van der Waals surface area contributed by atoms with Gasteiger partial charge in [-0.2, -0.15) is 4.68 Å². The summed E-state index contributed by atoms with van der Waals surface area (Å²) < 4.78 is 7.04. The minimum Gasteiger partial charge on any atom is -0.494 e. The van der Waals surface area contributed by atoms with E-state index in [-0.39, 0.29) is 11.2 Å². The Morgan fingerprint density at radius 2 is 1.77 bits per heavy atom. The molecular formula is C22H26N6O2S. The van der Waals surface area contributed by atoms with E-state index in [0.717, 1.165) is 38.4 Å². The van der Waals surface area contributed by atoms with Crippen molar-refractivity contribution in [3.8, 4) is 11.4 Å². The summed E-state index contributed by atoms with van der Waals surface area (Å²) in [6.45, 7) is 6.03. The average Bonchev–Trinajstić information content (AvgIpc) is 3.27. The minimum atomic E-state index is -0.292. The van der Waals surface area contributed by atoms with Crippen LogP contribution in [0.4, 0.5) is 0 Å². The van der Waals surface area contributed by atoms with Gasteiger partial charge < -0.3 is 9.64 Å². The summed E-state index contributed by atoms with van der Waals surface area (Å²) >= 11 is 1.36. The minimum absolute atomic E-state index is 0.110. The number of rotatable bonds is 7. The Balaban J connectivity index is 1.35. The van der Waals surface area contributed by atoms with Crippen LogP contribution < -0.4 is 4.74 Å². The van der Waals surface area contributed by atoms with Crippen LogP contribution in [0.2, 0.25) is 0 Å². The molecule has 2 aromatic carbocycles. The van der Waals surface area contributed by atoms with Crippen LogP contribution in [-0.4, -0.2) is 74.5 Å². The zero-order chi connectivity index (χ0) is 21.6. The standard InChI is InChI=1S/C22H26N6O2S/c1-17(31-22-23-24-25-28(22)19-10-6-7-11-20(19)30-2)21(29)27-14-12-26(13-15-27)16-18-8-4-3-5-9-18/h3-11,17H,12-16H2,1-2H3.